The fourth-order valence-electron chi connectivity index (χ4n) is 2.55. The lowest BCUT2D eigenvalue weighted by Gasteiger charge is -2.23. The zero-order chi connectivity index (χ0) is 18.9. The van der Waals surface area contributed by atoms with Crippen LogP contribution in [0.3, 0.4) is 0 Å². The van der Waals surface area contributed by atoms with E-state index in [1.165, 1.54) is 25.9 Å². The average Bonchev–Trinajstić information content (AvgIpc) is 3.28. The van der Waals surface area contributed by atoms with Gasteiger partial charge >= 0.3 is 0 Å². The number of rotatable bonds is 7. The third-order valence-electron chi connectivity index (χ3n) is 3.79. The Bertz CT molecular complexity index is 455. The van der Waals surface area contributed by atoms with Crippen LogP contribution in [0.4, 0.5) is 0 Å². The van der Waals surface area contributed by atoms with E-state index < -0.39 is 0 Å². The summed E-state index contributed by atoms with van der Waals surface area (Å²) in [6.45, 7) is 4.77. The lowest BCUT2D eigenvalue weighted by atomic mass is 10.1. The number of nitrogens with zero attached hydrogens (tertiary/aromatic N) is 2. The number of carboxylic acid groups (broad SMARTS) is 2. The Morgan fingerprint density at radius 3 is 2.48 bits per heavy atom. The summed E-state index contributed by atoms with van der Waals surface area (Å²) in [5, 5.41) is 16.7. The maximum Gasteiger partial charge on any atom is 0.290 e. The van der Waals surface area contributed by atoms with Crippen molar-refractivity contribution in [3.63, 3.8) is 0 Å². The van der Waals surface area contributed by atoms with Crippen molar-refractivity contribution >= 4 is 18.9 Å². The largest absolute Gasteiger partial charge is 0.483 e. The van der Waals surface area contributed by atoms with Crippen LogP contribution in [0.15, 0.2) is 12.4 Å². The monoisotopic (exact) mass is 356 g/mol. The summed E-state index contributed by atoms with van der Waals surface area (Å²) in [6.07, 6.45) is 8.48. The zero-order valence-corrected chi connectivity index (χ0v) is 14.6. The highest BCUT2D eigenvalue weighted by atomic mass is 16.3. The molecule has 0 saturated carbocycles. The van der Waals surface area contributed by atoms with Gasteiger partial charge in [-0.05, 0) is 39.3 Å². The number of hydrogen-bond acceptors (Lipinski definition) is 5. The number of aromatic nitrogens is 2. The Labute approximate surface area is 147 Å². The minimum atomic E-state index is -0.250. The molecule has 0 aliphatic carbocycles. The number of H-pyrrole nitrogens is 1. The fourth-order valence-corrected chi connectivity index (χ4v) is 2.55. The molecule has 1 aromatic rings. The molecule has 0 radical (unpaired) electrons. The first-order valence-electron chi connectivity index (χ1n) is 8.23. The number of hydrogen-bond donors (Lipinski definition) is 4. The quantitative estimate of drug-likeness (QED) is 0.529. The number of carbonyl (C=O) groups is 3. The summed E-state index contributed by atoms with van der Waals surface area (Å²) in [4.78, 5) is 38.1. The molecule has 4 N–H and O–H groups in total. The average molecular weight is 356 g/mol. The van der Waals surface area contributed by atoms with Crippen LogP contribution < -0.4 is 5.32 Å². The van der Waals surface area contributed by atoms with Gasteiger partial charge in [0.1, 0.15) is 5.82 Å². The highest BCUT2D eigenvalue weighted by Crippen LogP contribution is 2.14. The first-order chi connectivity index (χ1) is 12.1. The van der Waals surface area contributed by atoms with Crippen LogP contribution in [0, 0.1) is 0 Å². The number of nitrogens with one attached hydrogen (secondary N) is 2. The summed E-state index contributed by atoms with van der Waals surface area (Å²) < 4.78 is 0. The van der Waals surface area contributed by atoms with E-state index in [4.69, 9.17) is 19.8 Å². The van der Waals surface area contributed by atoms with E-state index in [9.17, 15) is 4.79 Å². The normalized spacial score (nSPS) is 14.3. The molecule has 1 atom stereocenters. The third kappa shape index (κ3) is 11.7. The summed E-state index contributed by atoms with van der Waals surface area (Å²) in [5.41, 5.74) is 0. The van der Waals surface area contributed by atoms with Crippen molar-refractivity contribution in [2.75, 3.05) is 19.6 Å². The van der Waals surface area contributed by atoms with Crippen LogP contribution in [-0.2, 0) is 20.8 Å². The molecule has 1 aliphatic rings. The molecular weight excluding hydrogens is 328 g/mol. The Balaban J connectivity index is 0.000000844. The van der Waals surface area contributed by atoms with E-state index in [0.29, 0.717) is 19.0 Å². The molecule has 1 amide bonds. The molecule has 25 heavy (non-hydrogen) atoms. The minimum absolute atomic E-state index is 0.151. The summed E-state index contributed by atoms with van der Waals surface area (Å²) in [5.74, 6) is 1.07. The molecule has 1 aliphatic heterocycles. The topological polar surface area (TPSA) is 136 Å². The lowest BCUT2D eigenvalue weighted by molar-refractivity contribution is -0.123. The second-order valence-electron chi connectivity index (χ2n) is 5.48. The Hall–Kier alpha value is -2.42. The second-order valence-corrected chi connectivity index (χ2v) is 5.48. The molecule has 2 heterocycles. The molecule has 0 aromatic carbocycles. The SMILES string of the molecule is CC(CCC(=O)NCCc1ncc[nH]1)N1CCCC1.O=CO.O=CO. The van der Waals surface area contributed by atoms with Gasteiger partial charge < -0.3 is 25.4 Å². The highest BCUT2D eigenvalue weighted by Gasteiger charge is 2.18. The standard InChI is InChI=1S/C14H24N4O.2CH2O2/c1-12(18-10-2-3-11-18)4-5-14(19)17-7-6-13-15-8-9-16-13;2*2-1-3/h8-9,12H,2-7,10-11H2,1H3,(H,15,16)(H,17,19);2*1H,(H,2,3). The molecule has 142 valence electrons. The minimum Gasteiger partial charge on any atom is -0.483 e. The van der Waals surface area contributed by atoms with Crippen LogP contribution >= 0.6 is 0 Å². The van der Waals surface area contributed by atoms with Crippen LogP contribution in [0.25, 0.3) is 0 Å². The molecule has 1 aromatic heterocycles. The Kier molecular flexibility index (Phi) is 13.7. The fraction of sp³-hybridized carbons (Fsp3) is 0.625. The maximum absolute atomic E-state index is 11.7. The summed E-state index contributed by atoms with van der Waals surface area (Å²) >= 11 is 0. The van der Waals surface area contributed by atoms with Gasteiger partial charge in [-0.2, -0.15) is 0 Å². The van der Waals surface area contributed by atoms with Gasteiger partial charge in [-0.1, -0.05) is 0 Å². The predicted octanol–water partition coefficient (Wildman–Crippen LogP) is 0.735. The Morgan fingerprint density at radius 2 is 1.96 bits per heavy atom. The first kappa shape index (κ1) is 22.6. The van der Waals surface area contributed by atoms with E-state index in [-0.39, 0.29) is 18.9 Å². The smallest absolute Gasteiger partial charge is 0.290 e. The van der Waals surface area contributed by atoms with Gasteiger partial charge in [0.15, 0.2) is 0 Å². The zero-order valence-electron chi connectivity index (χ0n) is 14.6. The van der Waals surface area contributed by atoms with E-state index in [0.717, 1.165) is 18.7 Å². The molecule has 9 heteroatoms. The third-order valence-corrected chi connectivity index (χ3v) is 3.79. The van der Waals surface area contributed by atoms with Crippen molar-refractivity contribution in [1.82, 2.24) is 20.2 Å². The first-order valence-corrected chi connectivity index (χ1v) is 8.23. The number of aromatic amines is 1. The molecule has 2 rings (SSSR count). The molecule has 9 nitrogen and oxygen atoms in total. The van der Waals surface area contributed by atoms with Gasteiger partial charge in [-0.3, -0.25) is 14.4 Å². The summed E-state index contributed by atoms with van der Waals surface area (Å²) in [7, 11) is 0. The van der Waals surface area contributed by atoms with Crippen molar-refractivity contribution in [3.05, 3.63) is 18.2 Å². The van der Waals surface area contributed by atoms with Crippen molar-refractivity contribution in [2.45, 2.75) is 45.1 Å². The van der Waals surface area contributed by atoms with Gasteiger partial charge in [0.2, 0.25) is 5.91 Å². The lowest BCUT2D eigenvalue weighted by Crippen LogP contribution is -2.32. The van der Waals surface area contributed by atoms with Crippen molar-refractivity contribution < 1.29 is 24.6 Å². The van der Waals surface area contributed by atoms with Crippen molar-refractivity contribution in [3.8, 4) is 0 Å². The Morgan fingerprint density at radius 1 is 1.36 bits per heavy atom. The molecule has 1 fully saturated rings. The van der Waals surface area contributed by atoms with Gasteiger partial charge in [0.25, 0.3) is 12.9 Å². The van der Waals surface area contributed by atoms with Crippen LogP contribution in [-0.4, -0.2) is 69.6 Å². The van der Waals surface area contributed by atoms with Gasteiger partial charge in [-0.15, -0.1) is 0 Å². The van der Waals surface area contributed by atoms with E-state index >= 15 is 0 Å². The molecule has 1 unspecified atom stereocenters. The van der Waals surface area contributed by atoms with Gasteiger partial charge in [0, 0.05) is 37.8 Å². The van der Waals surface area contributed by atoms with Crippen LogP contribution in [0.5, 0.6) is 0 Å². The second kappa shape index (κ2) is 15.1. The number of likely N-dealkylation sites (tertiary alicyclic amines) is 1. The summed E-state index contributed by atoms with van der Waals surface area (Å²) in [6, 6.07) is 0.526. The van der Waals surface area contributed by atoms with Crippen molar-refractivity contribution in [1.29, 1.82) is 0 Å². The predicted molar refractivity (Wildman–Crippen MR) is 92.2 cm³/mol. The van der Waals surface area contributed by atoms with E-state index in [1.54, 1.807) is 12.4 Å². The van der Waals surface area contributed by atoms with E-state index in [2.05, 4.69) is 27.1 Å². The van der Waals surface area contributed by atoms with E-state index in [1.807, 2.05) is 0 Å². The van der Waals surface area contributed by atoms with Crippen LogP contribution in [0.2, 0.25) is 0 Å². The van der Waals surface area contributed by atoms with Gasteiger partial charge in [0.05, 0.1) is 0 Å². The number of imidazole rings is 1. The molecule has 0 bridgehead atoms. The highest BCUT2D eigenvalue weighted by molar-refractivity contribution is 5.75. The molecule has 0 spiro atoms. The number of amides is 1. The number of carbonyl (C=O) groups excluding carboxylic acids is 1. The van der Waals surface area contributed by atoms with Gasteiger partial charge in [-0.25, -0.2) is 4.98 Å². The maximum atomic E-state index is 11.7. The molecule has 1 saturated heterocycles. The van der Waals surface area contributed by atoms with Crippen molar-refractivity contribution in [2.24, 2.45) is 0 Å². The molecular formula is C16H28N4O5. The van der Waals surface area contributed by atoms with Crippen LogP contribution in [0.1, 0.15) is 38.4 Å².